The molecule has 25 heavy (non-hydrogen) atoms. The number of carboxylic acids is 1. The first kappa shape index (κ1) is 19.2. The Morgan fingerprint density at radius 2 is 2.16 bits per heavy atom. The Bertz CT molecular complexity index is 768. The summed E-state index contributed by atoms with van der Waals surface area (Å²) in [6.07, 6.45) is -0.281. The maximum absolute atomic E-state index is 13.9. The van der Waals surface area contributed by atoms with Crippen LogP contribution in [0.2, 0.25) is 0 Å². The molecule has 0 radical (unpaired) electrons. The minimum absolute atomic E-state index is 0.0481. The van der Waals surface area contributed by atoms with Gasteiger partial charge in [0.1, 0.15) is 12.4 Å². The van der Waals surface area contributed by atoms with Crippen molar-refractivity contribution >= 4 is 21.9 Å². The summed E-state index contributed by atoms with van der Waals surface area (Å²) in [6.45, 7) is -0.176. The Morgan fingerprint density at radius 1 is 1.44 bits per heavy atom. The SMILES string of the molecule is NS(=O)(=O)c1ccc(F)c(C(=O)N[C@@H]2COCC[C@@H]2OCC(=O)O)c1. The summed E-state index contributed by atoms with van der Waals surface area (Å²) in [6, 6.07) is 1.89. The molecule has 1 aliphatic heterocycles. The number of hydrogen-bond donors (Lipinski definition) is 3. The van der Waals surface area contributed by atoms with E-state index in [0.29, 0.717) is 13.0 Å². The largest absolute Gasteiger partial charge is 0.480 e. The smallest absolute Gasteiger partial charge is 0.329 e. The molecule has 1 aromatic rings. The van der Waals surface area contributed by atoms with Crippen LogP contribution in [0.15, 0.2) is 23.1 Å². The summed E-state index contributed by atoms with van der Waals surface area (Å²) in [5, 5.41) is 16.1. The number of benzene rings is 1. The maximum atomic E-state index is 13.9. The van der Waals surface area contributed by atoms with Crippen LogP contribution in [0.25, 0.3) is 0 Å². The van der Waals surface area contributed by atoms with Crippen LogP contribution in [-0.4, -0.2) is 57.4 Å². The zero-order valence-corrected chi connectivity index (χ0v) is 13.8. The van der Waals surface area contributed by atoms with Gasteiger partial charge in [-0.05, 0) is 24.6 Å². The Balaban J connectivity index is 2.15. The van der Waals surface area contributed by atoms with Gasteiger partial charge >= 0.3 is 5.97 Å². The monoisotopic (exact) mass is 376 g/mol. The van der Waals surface area contributed by atoms with E-state index in [1.165, 1.54) is 0 Å². The number of primary sulfonamides is 1. The minimum atomic E-state index is -4.10. The molecule has 0 unspecified atom stereocenters. The summed E-state index contributed by atoms with van der Waals surface area (Å²) in [5.41, 5.74) is -0.505. The summed E-state index contributed by atoms with van der Waals surface area (Å²) >= 11 is 0. The molecule has 1 fully saturated rings. The van der Waals surface area contributed by atoms with Gasteiger partial charge in [-0.3, -0.25) is 4.79 Å². The number of carbonyl (C=O) groups is 2. The minimum Gasteiger partial charge on any atom is -0.480 e. The van der Waals surface area contributed by atoms with Crippen LogP contribution >= 0.6 is 0 Å². The van der Waals surface area contributed by atoms with E-state index in [1.807, 2.05) is 0 Å². The van der Waals surface area contributed by atoms with Crippen molar-refractivity contribution in [3.63, 3.8) is 0 Å². The molecular formula is C14H17FN2O7S. The molecule has 138 valence electrons. The standard InChI is InChI=1S/C14H17FN2O7S/c15-10-2-1-8(25(16,21)22)5-9(10)14(20)17-11-6-23-4-3-12(11)24-7-13(18)19/h1-2,5,11-12H,3-4,6-7H2,(H,17,20)(H,18,19)(H2,16,21,22)/t11-,12+/m1/s1. The normalized spacial score (nSPS) is 20.9. The van der Waals surface area contributed by atoms with Crippen molar-refractivity contribution in [2.75, 3.05) is 19.8 Å². The first-order chi connectivity index (χ1) is 11.7. The van der Waals surface area contributed by atoms with Gasteiger partial charge in [-0.2, -0.15) is 0 Å². The zero-order chi connectivity index (χ0) is 18.6. The molecule has 1 aliphatic rings. The quantitative estimate of drug-likeness (QED) is 0.604. The first-order valence-corrected chi connectivity index (χ1v) is 8.77. The molecule has 1 heterocycles. The van der Waals surface area contributed by atoms with E-state index >= 15 is 0 Å². The summed E-state index contributed by atoms with van der Waals surface area (Å²) < 4.78 is 47.0. The van der Waals surface area contributed by atoms with Crippen molar-refractivity contribution in [3.05, 3.63) is 29.6 Å². The molecule has 1 aromatic carbocycles. The predicted octanol–water partition coefficient (Wildman–Crippen LogP) is -0.538. The van der Waals surface area contributed by atoms with Crippen molar-refractivity contribution in [2.45, 2.75) is 23.5 Å². The number of nitrogens with two attached hydrogens (primary N) is 1. The van der Waals surface area contributed by atoms with Crippen LogP contribution in [0.5, 0.6) is 0 Å². The second-order valence-electron chi connectivity index (χ2n) is 5.37. The summed E-state index contributed by atoms with van der Waals surface area (Å²) in [7, 11) is -4.10. The van der Waals surface area contributed by atoms with Gasteiger partial charge in [0.2, 0.25) is 10.0 Å². The van der Waals surface area contributed by atoms with E-state index in [1.54, 1.807) is 0 Å². The number of aliphatic carboxylic acids is 1. The number of ether oxygens (including phenoxy) is 2. The van der Waals surface area contributed by atoms with Crippen molar-refractivity contribution in [1.29, 1.82) is 0 Å². The lowest BCUT2D eigenvalue weighted by Crippen LogP contribution is -2.51. The lowest BCUT2D eigenvalue weighted by atomic mass is 10.1. The molecule has 1 amide bonds. The highest BCUT2D eigenvalue weighted by Crippen LogP contribution is 2.16. The number of halogens is 1. The predicted molar refractivity (Wildman–Crippen MR) is 81.8 cm³/mol. The second kappa shape index (κ2) is 7.87. The van der Waals surface area contributed by atoms with Crippen LogP contribution < -0.4 is 10.5 Å². The van der Waals surface area contributed by atoms with Crippen molar-refractivity contribution < 1.29 is 37.0 Å². The highest BCUT2D eigenvalue weighted by atomic mass is 32.2. The fourth-order valence-electron chi connectivity index (χ4n) is 2.33. The van der Waals surface area contributed by atoms with Crippen LogP contribution in [0, 0.1) is 5.82 Å². The van der Waals surface area contributed by atoms with Gasteiger partial charge in [0.15, 0.2) is 0 Å². The third kappa shape index (κ3) is 5.19. The number of rotatable bonds is 6. The zero-order valence-electron chi connectivity index (χ0n) is 13.0. The number of nitrogens with one attached hydrogen (secondary N) is 1. The number of amides is 1. The van der Waals surface area contributed by atoms with Gasteiger partial charge in [0, 0.05) is 6.61 Å². The summed E-state index contributed by atoms with van der Waals surface area (Å²) in [5.74, 6) is -2.98. The Morgan fingerprint density at radius 3 is 2.80 bits per heavy atom. The van der Waals surface area contributed by atoms with Crippen molar-refractivity contribution in [1.82, 2.24) is 5.32 Å². The molecule has 4 N–H and O–H groups in total. The fourth-order valence-corrected chi connectivity index (χ4v) is 2.87. The highest BCUT2D eigenvalue weighted by molar-refractivity contribution is 7.89. The molecule has 1 saturated heterocycles. The van der Waals surface area contributed by atoms with Gasteiger partial charge in [0.25, 0.3) is 5.91 Å². The van der Waals surface area contributed by atoms with Gasteiger partial charge in [-0.1, -0.05) is 0 Å². The Hall–Kier alpha value is -2.08. The fraction of sp³-hybridized carbons (Fsp3) is 0.429. The first-order valence-electron chi connectivity index (χ1n) is 7.23. The molecule has 11 heteroatoms. The molecule has 9 nitrogen and oxygen atoms in total. The van der Waals surface area contributed by atoms with Gasteiger partial charge in [0.05, 0.1) is 29.2 Å². The average molecular weight is 376 g/mol. The third-order valence-corrected chi connectivity index (χ3v) is 4.45. The van der Waals surface area contributed by atoms with Crippen LogP contribution in [-0.2, 0) is 24.3 Å². The second-order valence-corrected chi connectivity index (χ2v) is 6.93. The van der Waals surface area contributed by atoms with E-state index in [4.69, 9.17) is 19.7 Å². The maximum Gasteiger partial charge on any atom is 0.329 e. The molecule has 2 rings (SSSR count). The molecule has 0 aromatic heterocycles. The number of sulfonamides is 1. The van der Waals surface area contributed by atoms with Gasteiger partial charge in [-0.25, -0.2) is 22.7 Å². The highest BCUT2D eigenvalue weighted by Gasteiger charge is 2.29. The van der Waals surface area contributed by atoms with Crippen molar-refractivity contribution in [3.8, 4) is 0 Å². The molecule has 0 spiro atoms. The van der Waals surface area contributed by atoms with Gasteiger partial charge < -0.3 is 19.9 Å². The van der Waals surface area contributed by atoms with E-state index in [2.05, 4.69) is 5.32 Å². The number of carbonyl (C=O) groups excluding carboxylic acids is 1. The molecule has 0 saturated carbocycles. The lowest BCUT2D eigenvalue weighted by molar-refractivity contribution is -0.147. The van der Waals surface area contributed by atoms with Crippen LogP contribution in [0.3, 0.4) is 0 Å². The van der Waals surface area contributed by atoms with Crippen LogP contribution in [0.1, 0.15) is 16.8 Å². The molecule has 0 aliphatic carbocycles. The molecule has 0 bridgehead atoms. The Kier molecular flexibility index (Phi) is 6.06. The topological polar surface area (TPSA) is 145 Å². The third-order valence-electron chi connectivity index (χ3n) is 3.54. The van der Waals surface area contributed by atoms with Crippen LogP contribution in [0.4, 0.5) is 4.39 Å². The number of hydrogen-bond acceptors (Lipinski definition) is 6. The molecule has 2 atom stereocenters. The van der Waals surface area contributed by atoms with E-state index < -0.39 is 56.9 Å². The van der Waals surface area contributed by atoms with E-state index in [0.717, 1.165) is 18.2 Å². The van der Waals surface area contributed by atoms with Crippen molar-refractivity contribution in [2.24, 2.45) is 5.14 Å². The average Bonchev–Trinajstić information content (AvgIpc) is 2.53. The molecular weight excluding hydrogens is 359 g/mol. The van der Waals surface area contributed by atoms with E-state index in [9.17, 15) is 22.4 Å². The van der Waals surface area contributed by atoms with Gasteiger partial charge in [-0.15, -0.1) is 0 Å². The lowest BCUT2D eigenvalue weighted by Gasteiger charge is -2.31. The Labute approximate surface area is 143 Å². The summed E-state index contributed by atoms with van der Waals surface area (Å²) in [4.78, 5) is 22.5. The van der Waals surface area contributed by atoms with E-state index in [-0.39, 0.29) is 6.61 Å². The number of carboxylic acid groups (broad SMARTS) is 1.